The van der Waals surface area contributed by atoms with Crippen LogP contribution in [-0.4, -0.2) is 34.7 Å². The number of hydrogen-bond acceptors (Lipinski definition) is 4. The van der Waals surface area contributed by atoms with Crippen LogP contribution in [0.2, 0.25) is 0 Å². The molecule has 0 aromatic carbocycles. The van der Waals surface area contributed by atoms with E-state index >= 15 is 0 Å². The highest BCUT2D eigenvalue weighted by Crippen LogP contribution is 2.24. The van der Waals surface area contributed by atoms with Gasteiger partial charge in [-0.2, -0.15) is 0 Å². The Bertz CT molecular complexity index is 557. The SMILES string of the molecule is CCCOc1ncccc1CNC(=O)NC1CCC(C(=O)O)CC1. The Morgan fingerprint density at radius 1 is 1.33 bits per heavy atom. The summed E-state index contributed by atoms with van der Waals surface area (Å²) in [6.45, 7) is 2.94. The van der Waals surface area contributed by atoms with E-state index in [1.54, 1.807) is 12.3 Å². The van der Waals surface area contributed by atoms with Crippen LogP contribution in [0.1, 0.15) is 44.6 Å². The van der Waals surface area contributed by atoms with E-state index < -0.39 is 5.97 Å². The number of carboxylic acid groups (broad SMARTS) is 1. The molecule has 0 unspecified atom stereocenters. The molecule has 1 heterocycles. The maximum absolute atomic E-state index is 12.0. The van der Waals surface area contributed by atoms with Gasteiger partial charge in [-0.25, -0.2) is 9.78 Å². The highest BCUT2D eigenvalue weighted by molar-refractivity contribution is 5.74. The number of aliphatic carboxylic acids is 1. The molecule has 132 valence electrons. The lowest BCUT2D eigenvalue weighted by atomic mass is 9.86. The molecule has 3 N–H and O–H groups in total. The fourth-order valence-corrected chi connectivity index (χ4v) is 2.78. The zero-order chi connectivity index (χ0) is 17.4. The number of carbonyl (C=O) groups excluding carboxylic acids is 1. The van der Waals surface area contributed by atoms with Crippen molar-refractivity contribution in [2.75, 3.05) is 6.61 Å². The predicted molar refractivity (Wildman–Crippen MR) is 88.8 cm³/mol. The van der Waals surface area contributed by atoms with E-state index in [1.807, 2.05) is 13.0 Å². The minimum Gasteiger partial charge on any atom is -0.481 e. The average Bonchev–Trinajstić information content (AvgIpc) is 2.59. The first-order valence-corrected chi connectivity index (χ1v) is 8.44. The molecule has 7 nitrogen and oxygen atoms in total. The molecule has 1 fully saturated rings. The maximum atomic E-state index is 12.0. The van der Waals surface area contributed by atoms with E-state index in [0.717, 1.165) is 12.0 Å². The Balaban J connectivity index is 1.77. The minimum atomic E-state index is -0.742. The van der Waals surface area contributed by atoms with Gasteiger partial charge in [-0.15, -0.1) is 0 Å². The summed E-state index contributed by atoms with van der Waals surface area (Å²) in [5.74, 6) is -0.476. The normalized spacial score (nSPS) is 20.2. The number of amides is 2. The maximum Gasteiger partial charge on any atom is 0.315 e. The van der Waals surface area contributed by atoms with Crippen LogP contribution < -0.4 is 15.4 Å². The van der Waals surface area contributed by atoms with Crippen LogP contribution >= 0.6 is 0 Å². The van der Waals surface area contributed by atoms with Crippen molar-refractivity contribution in [3.8, 4) is 5.88 Å². The lowest BCUT2D eigenvalue weighted by Crippen LogP contribution is -2.43. The van der Waals surface area contributed by atoms with E-state index in [-0.39, 0.29) is 18.0 Å². The monoisotopic (exact) mass is 335 g/mol. The van der Waals surface area contributed by atoms with Gasteiger partial charge >= 0.3 is 12.0 Å². The number of ether oxygens (including phenoxy) is 1. The first-order valence-electron chi connectivity index (χ1n) is 8.44. The molecule has 7 heteroatoms. The van der Waals surface area contributed by atoms with E-state index in [2.05, 4.69) is 15.6 Å². The summed E-state index contributed by atoms with van der Waals surface area (Å²) in [5, 5.41) is 14.7. The first kappa shape index (κ1) is 18.0. The summed E-state index contributed by atoms with van der Waals surface area (Å²) < 4.78 is 5.56. The highest BCUT2D eigenvalue weighted by atomic mass is 16.5. The van der Waals surface area contributed by atoms with Crippen molar-refractivity contribution in [1.29, 1.82) is 0 Å². The van der Waals surface area contributed by atoms with E-state index in [4.69, 9.17) is 9.84 Å². The summed E-state index contributed by atoms with van der Waals surface area (Å²) >= 11 is 0. The van der Waals surface area contributed by atoms with Crippen molar-refractivity contribution in [1.82, 2.24) is 15.6 Å². The summed E-state index contributed by atoms with van der Waals surface area (Å²) in [5.41, 5.74) is 0.829. The van der Waals surface area contributed by atoms with Crippen molar-refractivity contribution < 1.29 is 19.4 Å². The van der Waals surface area contributed by atoms with Gasteiger partial charge in [-0.3, -0.25) is 4.79 Å². The number of hydrogen-bond donors (Lipinski definition) is 3. The van der Waals surface area contributed by atoms with Crippen LogP contribution in [0.3, 0.4) is 0 Å². The first-order chi connectivity index (χ1) is 11.6. The van der Waals surface area contributed by atoms with E-state index in [0.29, 0.717) is 44.7 Å². The average molecular weight is 335 g/mol. The third-order valence-corrected chi connectivity index (χ3v) is 4.14. The summed E-state index contributed by atoms with van der Waals surface area (Å²) in [6.07, 6.45) is 5.17. The van der Waals surface area contributed by atoms with Gasteiger partial charge in [0, 0.05) is 24.3 Å². The van der Waals surface area contributed by atoms with Crippen molar-refractivity contribution in [3.63, 3.8) is 0 Å². The lowest BCUT2D eigenvalue weighted by Gasteiger charge is -2.26. The smallest absolute Gasteiger partial charge is 0.315 e. The van der Waals surface area contributed by atoms with Gasteiger partial charge in [-0.05, 0) is 38.2 Å². The fraction of sp³-hybridized carbons (Fsp3) is 0.588. The standard InChI is InChI=1S/C17H25N3O4/c1-2-10-24-15-13(4-3-9-18-15)11-19-17(23)20-14-7-5-12(6-8-14)16(21)22/h3-4,9,12,14H,2,5-8,10-11H2,1H3,(H,21,22)(H2,19,20,23). The molecule has 2 rings (SSSR count). The number of urea groups is 1. The number of carbonyl (C=O) groups is 2. The van der Waals surface area contributed by atoms with E-state index in [9.17, 15) is 9.59 Å². The molecule has 0 spiro atoms. The third-order valence-electron chi connectivity index (χ3n) is 4.14. The number of rotatable bonds is 7. The van der Waals surface area contributed by atoms with Crippen molar-refractivity contribution in [2.45, 2.75) is 51.6 Å². The summed E-state index contributed by atoms with van der Waals surface area (Å²) in [6, 6.07) is 3.46. The Morgan fingerprint density at radius 3 is 2.75 bits per heavy atom. The van der Waals surface area contributed by atoms with Gasteiger partial charge in [0.05, 0.1) is 12.5 Å². The molecule has 2 amide bonds. The molecular formula is C17H25N3O4. The van der Waals surface area contributed by atoms with Gasteiger partial charge in [0.2, 0.25) is 5.88 Å². The Morgan fingerprint density at radius 2 is 2.08 bits per heavy atom. The molecule has 1 aromatic heterocycles. The van der Waals surface area contributed by atoms with Crippen LogP contribution in [-0.2, 0) is 11.3 Å². The minimum absolute atomic E-state index is 0.0327. The molecule has 0 aliphatic heterocycles. The van der Waals surface area contributed by atoms with Gasteiger partial charge < -0.3 is 20.5 Å². The quantitative estimate of drug-likeness (QED) is 0.710. The lowest BCUT2D eigenvalue weighted by molar-refractivity contribution is -0.142. The Hall–Kier alpha value is -2.31. The molecule has 0 saturated heterocycles. The molecule has 0 bridgehead atoms. The molecule has 1 aliphatic rings. The second kappa shape index (κ2) is 9.10. The zero-order valence-electron chi connectivity index (χ0n) is 14.0. The molecule has 0 radical (unpaired) electrons. The second-order valence-corrected chi connectivity index (χ2v) is 6.03. The fourth-order valence-electron chi connectivity index (χ4n) is 2.78. The number of nitrogens with zero attached hydrogens (tertiary/aromatic N) is 1. The number of carboxylic acids is 1. The molecule has 1 aliphatic carbocycles. The summed E-state index contributed by atoms with van der Waals surface area (Å²) in [4.78, 5) is 27.1. The van der Waals surface area contributed by atoms with Crippen LogP contribution in [0.5, 0.6) is 5.88 Å². The van der Waals surface area contributed by atoms with Crippen LogP contribution in [0, 0.1) is 5.92 Å². The zero-order valence-corrected chi connectivity index (χ0v) is 14.0. The second-order valence-electron chi connectivity index (χ2n) is 6.03. The van der Waals surface area contributed by atoms with Crippen molar-refractivity contribution in [3.05, 3.63) is 23.9 Å². The van der Waals surface area contributed by atoms with Gasteiger partial charge in [0.1, 0.15) is 0 Å². The number of aromatic nitrogens is 1. The van der Waals surface area contributed by atoms with Crippen molar-refractivity contribution in [2.24, 2.45) is 5.92 Å². The number of pyridine rings is 1. The topological polar surface area (TPSA) is 101 Å². The molecule has 24 heavy (non-hydrogen) atoms. The van der Waals surface area contributed by atoms with Gasteiger partial charge in [0.15, 0.2) is 0 Å². The van der Waals surface area contributed by atoms with Gasteiger partial charge in [-0.1, -0.05) is 13.0 Å². The number of nitrogens with one attached hydrogen (secondary N) is 2. The highest BCUT2D eigenvalue weighted by Gasteiger charge is 2.26. The predicted octanol–water partition coefficient (Wildman–Crippen LogP) is 2.31. The van der Waals surface area contributed by atoms with Crippen molar-refractivity contribution >= 4 is 12.0 Å². The van der Waals surface area contributed by atoms with Crippen LogP contribution in [0.4, 0.5) is 4.79 Å². The Labute approximate surface area is 141 Å². The third kappa shape index (κ3) is 5.40. The molecule has 1 saturated carbocycles. The van der Waals surface area contributed by atoms with Gasteiger partial charge in [0.25, 0.3) is 0 Å². The summed E-state index contributed by atoms with van der Waals surface area (Å²) in [7, 11) is 0. The van der Waals surface area contributed by atoms with Crippen LogP contribution in [0.25, 0.3) is 0 Å². The molecular weight excluding hydrogens is 310 g/mol. The largest absolute Gasteiger partial charge is 0.481 e. The molecule has 1 aromatic rings. The van der Waals surface area contributed by atoms with Crippen LogP contribution in [0.15, 0.2) is 18.3 Å². The Kier molecular flexibility index (Phi) is 6.84. The van der Waals surface area contributed by atoms with E-state index in [1.165, 1.54) is 0 Å². The molecule has 0 atom stereocenters.